The Morgan fingerprint density at radius 3 is 2.13 bits per heavy atom. The van der Waals surface area contributed by atoms with Crippen LogP contribution in [-0.2, 0) is 23.5 Å². The van der Waals surface area contributed by atoms with Crippen LogP contribution < -0.4 is 9.47 Å². The summed E-state index contributed by atoms with van der Waals surface area (Å²) in [7, 11) is 0. The van der Waals surface area contributed by atoms with Gasteiger partial charge < -0.3 is 19.1 Å². The zero-order chi connectivity index (χ0) is 32.4. The first-order valence-electron chi connectivity index (χ1n) is 14.7. The zero-order valence-corrected chi connectivity index (χ0v) is 27.5. The van der Waals surface area contributed by atoms with E-state index < -0.39 is 41.0 Å². The summed E-state index contributed by atoms with van der Waals surface area (Å²) in [6, 6.07) is 5.79. The highest BCUT2D eigenvalue weighted by Crippen LogP contribution is 2.37. The molecule has 2 aromatic carbocycles. The summed E-state index contributed by atoms with van der Waals surface area (Å²) in [5.74, 6) is 6.62. The van der Waals surface area contributed by atoms with Crippen molar-refractivity contribution in [3.63, 3.8) is 0 Å². The molecule has 5 rings (SSSR count). The molecule has 7 nitrogen and oxygen atoms in total. The van der Waals surface area contributed by atoms with E-state index in [1.165, 1.54) is 4.90 Å². The third-order valence-corrected chi connectivity index (χ3v) is 8.25. The topological polar surface area (TPSA) is 54.5 Å². The number of halogens is 8. The minimum Gasteiger partial charge on any atom is -0.486 e. The van der Waals surface area contributed by atoms with Gasteiger partial charge in [-0.1, -0.05) is 17.9 Å². The number of carbonyl (C=O) groups excluding carboxylic acids is 1. The minimum absolute atomic E-state index is 0. The average molecular weight is 713 g/mol. The number of fused-ring (bicyclic) bond motifs is 1. The normalized spacial score (nSPS) is 19.9. The van der Waals surface area contributed by atoms with Gasteiger partial charge in [-0.3, -0.25) is 14.6 Å². The highest BCUT2D eigenvalue weighted by Gasteiger charge is 2.39. The molecule has 0 aromatic heterocycles. The molecular formula is C32H37Cl2F6N3O4. The van der Waals surface area contributed by atoms with Crippen LogP contribution in [0.2, 0.25) is 0 Å². The SMILES string of the molecule is CC1(C)COCCN1CC#CCN1CCN(C(=O)c2cc(C(F)(F)F)cc(C(F)(F)F)c2)C(Cc2ccc3c(c2)OCCO3)C1.Cl.Cl. The summed E-state index contributed by atoms with van der Waals surface area (Å²) in [6.07, 6.45) is -9.83. The van der Waals surface area contributed by atoms with Gasteiger partial charge in [0.1, 0.15) is 13.2 Å². The number of alkyl halides is 6. The van der Waals surface area contributed by atoms with Crippen LogP contribution in [0.15, 0.2) is 36.4 Å². The van der Waals surface area contributed by atoms with Crippen molar-refractivity contribution in [2.24, 2.45) is 0 Å². The molecule has 15 heteroatoms. The van der Waals surface area contributed by atoms with Crippen molar-refractivity contribution in [3.8, 4) is 23.3 Å². The van der Waals surface area contributed by atoms with E-state index >= 15 is 0 Å². The number of hydrogen-bond donors (Lipinski definition) is 0. The summed E-state index contributed by atoms with van der Waals surface area (Å²) in [6.45, 7) is 8.72. The summed E-state index contributed by atoms with van der Waals surface area (Å²) in [5.41, 5.74) is -3.07. The summed E-state index contributed by atoms with van der Waals surface area (Å²) in [4.78, 5) is 19.3. The van der Waals surface area contributed by atoms with E-state index in [2.05, 4.69) is 30.6 Å². The van der Waals surface area contributed by atoms with E-state index in [0.717, 1.165) is 12.1 Å². The third-order valence-electron chi connectivity index (χ3n) is 8.25. The van der Waals surface area contributed by atoms with Crippen LogP contribution in [0.3, 0.4) is 0 Å². The molecule has 1 amide bonds. The van der Waals surface area contributed by atoms with E-state index in [9.17, 15) is 31.1 Å². The molecule has 0 saturated carbocycles. The molecule has 47 heavy (non-hydrogen) atoms. The van der Waals surface area contributed by atoms with Gasteiger partial charge in [0.15, 0.2) is 11.5 Å². The fraction of sp³-hybridized carbons (Fsp3) is 0.531. The van der Waals surface area contributed by atoms with Gasteiger partial charge in [0.05, 0.1) is 37.4 Å². The quantitative estimate of drug-likeness (QED) is 0.288. The van der Waals surface area contributed by atoms with E-state index in [4.69, 9.17) is 14.2 Å². The van der Waals surface area contributed by atoms with Gasteiger partial charge in [0.2, 0.25) is 0 Å². The van der Waals surface area contributed by atoms with E-state index in [1.807, 2.05) is 11.0 Å². The molecule has 0 aliphatic carbocycles. The number of nitrogens with zero attached hydrogens (tertiary/aromatic N) is 3. The lowest BCUT2D eigenvalue weighted by Crippen LogP contribution is -2.56. The lowest BCUT2D eigenvalue weighted by Gasteiger charge is -2.41. The second-order valence-corrected chi connectivity index (χ2v) is 12.0. The van der Waals surface area contributed by atoms with Gasteiger partial charge in [0.25, 0.3) is 5.91 Å². The zero-order valence-electron chi connectivity index (χ0n) is 25.9. The van der Waals surface area contributed by atoms with Crippen molar-refractivity contribution in [3.05, 3.63) is 58.7 Å². The minimum atomic E-state index is -5.06. The Morgan fingerprint density at radius 1 is 0.851 bits per heavy atom. The molecule has 0 N–H and O–H groups in total. The molecule has 260 valence electrons. The van der Waals surface area contributed by atoms with Crippen LogP contribution in [0.5, 0.6) is 11.5 Å². The van der Waals surface area contributed by atoms with Gasteiger partial charge in [-0.05, 0) is 56.2 Å². The Hall–Kier alpha value is -2.89. The lowest BCUT2D eigenvalue weighted by molar-refractivity contribution is -0.143. The van der Waals surface area contributed by atoms with Crippen LogP contribution >= 0.6 is 24.8 Å². The number of rotatable bonds is 5. The number of hydrogen-bond acceptors (Lipinski definition) is 6. The van der Waals surface area contributed by atoms with Crippen molar-refractivity contribution in [1.82, 2.24) is 14.7 Å². The van der Waals surface area contributed by atoms with Gasteiger partial charge in [-0.15, -0.1) is 24.8 Å². The molecule has 2 aromatic rings. The number of benzene rings is 2. The van der Waals surface area contributed by atoms with Gasteiger partial charge >= 0.3 is 12.4 Å². The Morgan fingerprint density at radius 2 is 1.49 bits per heavy atom. The number of ether oxygens (including phenoxy) is 3. The molecule has 0 spiro atoms. The first kappa shape index (κ1) is 38.6. The molecule has 0 bridgehead atoms. The first-order chi connectivity index (χ1) is 21.2. The molecular weight excluding hydrogens is 675 g/mol. The average Bonchev–Trinajstić information content (AvgIpc) is 2.98. The molecule has 1 unspecified atom stereocenters. The summed E-state index contributed by atoms with van der Waals surface area (Å²) < 4.78 is 98.2. The Balaban J connectivity index is 0.00000300. The maximum atomic E-state index is 13.7. The third kappa shape index (κ3) is 9.60. The predicted octanol–water partition coefficient (Wildman–Crippen LogP) is 5.82. The standard InChI is InChI=1S/C32H35F6N3O4.2ClH/c1-30(2)21-43-12-11-40(30)8-4-3-7-39-9-10-41(26(20-39)15-22-5-6-27-28(16-22)45-14-13-44-27)29(42)23-17-24(31(33,34)35)19-25(18-23)32(36,37)38;;/h5-6,16-19,26H,7-15,20-21H2,1-2H3;2*1H. The highest BCUT2D eigenvalue weighted by molar-refractivity contribution is 5.95. The van der Waals surface area contributed by atoms with Crippen LogP contribution in [-0.4, -0.2) is 97.9 Å². The Bertz CT molecular complexity index is 1430. The van der Waals surface area contributed by atoms with Crippen molar-refractivity contribution in [2.45, 2.75) is 44.2 Å². The number of piperazine rings is 1. The fourth-order valence-corrected chi connectivity index (χ4v) is 5.74. The van der Waals surface area contributed by atoms with Gasteiger partial charge in [-0.25, -0.2) is 0 Å². The van der Waals surface area contributed by atoms with E-state index in [1.54, 1.807) is 12.1 Å². The lowest BCUT2D eigenvalue weighted by atomic mass is 9.98. The largest absolute Gasteiger partial charge is 0.486 e. The molecule has 2 saturated heterocycles. The van der Waals surface area contributed by atoms with Crippen molar-refractivity contribution < 1.29 is 45.3 Å². The molecule has 2 fully saturated rings. The van der Waals surface area contributed by atoms with Crippen molar-refractivity contribution in [2.75, 3.05) is 65.7 Å². The number of morpholine rings is 1. The predicted molar refractivity (Wildman–Crippen MR) is 168 cm³/mol. The molecule has 0 radical (unpaired) electrons. The Kier molecular flexibility index (Phi) is 12.8. The fourth-order valence-electron chi connectivity index (χ4n) is 5.74. The maximum absolute atomic E-state index is 13.7. The van der Waals surface area contributed by atoms with Gasteiger partial charge in [-0.2, -0.15) is 26.3 Å². The maximum Gasteiger partial charge on any atom is 0.416 e. The number of carbonyl (C=O) groups is 1. The van der Waals surface area contributed by atoms with Crippen LogP contribution in [0.4, 0.5) is 26.3 Å². The van der Waals surface area contributed by atoms with Gasteiger partial charge in [0, 0.05) is 43.3 Å². The second-order valence-electron chi connectivity index (χ2n) is 12.0. The van der Waals surface area contributed by atoms with Crippen molar-refractivity contribution in [1.29, 1.82) is 0 Å². The van der Waals surface area contributed by atoms with Crippen LogP contribution in [0.25, 0.3) is 0 Å². The van der Waals surface area contributed by atoms with Crippen LogP contribution in [0.1, 0.15) is 40.9 Å². The monoisotopic (exact) mass is 711 g/mol. The second kappa shape index (κ2) is 15.6. The van der Waals surface area contributed by atoms with E-state index in [0.29, 0.717) is 82.7 Å². The molecule has 3 aliphatic rings. The molecule has 1 atom stereocenters. The smallest absolute Gasteiger partial charge is 0.416 e. The molecule has 3 heterocycles. The highest BCUT2D eigenvalue weighted by atomic mass is 35.5. The summed E-state index contributed by atoms with van der Waals surface area (Å²) >= 11 is 0. The van der Waals surface area contributed by atoms with Crippen LogP contribution in [0, 0.1) is 11.8 Å². The van der Waals surface area contributed by atoms with E-state index in [-0.39, 0.29) is 43.0 Å². The summed E-state index contributed by atoms with van der Waals surface area (Å²) in [5, 5.41) is 0. The Labute approximate surface area is 282 Å². The van der Waals surface area contributed by atoms with Crippen molar-refractivity contribution >= 4 is 30.7 Å². The molecule has 3 aliphatic heterocycles. The first-order valence-corrected chi connectivity index (χ1v) is 14.7. The number of amides is 1.